The number of alkyl halides is 3. The fraction of sp³-hybridized carbons (Fsp3) is 0.364. The van der Waals surface area contributed by atoms with Crippen LogP contribution in [0.25, 0.3) is 0 Å². The van der Waals surface area contributed by atoms with Gasteiger partial charge in [0.15, 0.2) is 0 Å². The Morgan fingerprint density at radius 1 is 1.30 bits per heavy atom. The average Bonchev–Trinajstić information content (AvgIpc) is 2.25. The quantitative estimate of drug-likeness (QED) is 0.907. The van der Waals surface area contributed by atoms with Gasteiger partial charge in [0.25, 0.3) is 9.84 Å². The molecular weight excluding hydrogens is 299 g/mol. The van der Waals surface area contributed by atoms with E-state index in [0.29, 0.717) is 5.56 Å². The van der Waals surface area contributed by atoms with Crippen LogP contribution in [-0.2, 0) is 9.84 Å². The molecule has 0 atom stereocenters. The molecule has 0 radical (unpaired) electrons. The number of likely N-dealkylation sites (tertiary alicyclic amines) is 1. The van der Waals surface area contributed by atoms with Crippen molar-refractivity contribution >= 4 is 15.9 Å². The van der Waals surface area contributed by atoms with Gasteiger partial charge in [-0.2, -0.15) is 13.2 Å². The molecule has 0 bridgehead atoms. The highest BCUT2D eigenvalue weighted by Crippen LogP contribution is 2.33. The number of benzene rings is 1. The van der Waals surface area contributed by atoms with Gasteiger partial charge in [0.1, 0.15) is 0 Å². The first kappa shape index (κ1) is 14.6. The number of carboxylic acid groups (broad SMARTS) is 1. The van der Waals surface area contributed by atoms with E-state index < -0.39 is 26.3 Å². The van der Waals surface area contributed by atoms with Crippen LogP contribution in [0.15, 0.2) is 29.2 Å². The van der Waals surface area contributed by atoms with E-state index in [-0.39, 0.29) is 19.0 Å². The Labute approximate surface area is 112 Å². The first-order chi connectivity index (χ1) is 9.13. The lowest BCUT2D eigenvalue weighted by atomic mass is 9.92. The van der Waals surface area contributed by atoms with E-state index in [2.05, 4.69) is 0 Å². The van der Waals surface area contributed by atoms with E-state index >= 15 is 0 Å². The molecule has 1 aromatic rings. The molecule has 1 aromatic carbocycles. The predicted molar refractivity (Wildman–Crippen MR) is 62.0 cm³/mol. The number of nitrogens with zero attached hydrogens (tertiary/aromatic N) is 1. The Hall–Kier alpha value is -1.77. The summed E-state index contributed by atoms with van der Waals surface area (Å²) in [7, 11) is -5.38. The van der Waals surface area contributed by atoms with Crippen molar-refractivity contribution in [2.75, 3.05) is 13.1 Å². The minimum atomic E-state index is -5.38. The van der Waals surface area contributed by atoms with Gasteiger partial charge in [-0.05, 0) is 17.7 Å². The molecule has 1 aliphatic rings. The molecule has 0 spiro atoms. The summed E-state index contributed by atoms with van der Waals surface area (Å²) in [4.78, 5) is 10.9. The second kappa shape index (κ2) is 4.65. The highest BCUT2D eigenvalue weighted by molar-refractivity contribution is 7.92. The standard InChI is InChI=1S/C11H10F3NO4S/c12-11(13,14)20(18,19)9-3-1-2-7(4-9)8-5-15(6-8)10(16)17/h1-4,8H,5-6H2,(H,16,17). The summed E-state index contributed by atoms with van der Waals surface area (Å²) in [5, 5.41) is 8.67. The van der Waals surface area contributed by atoms with Gasteiger partial charge in [-0.25, -0.2) is 13.2 Å². The molecular formula is C11H10F3NO4S. The lowest BCUT2D eigenvalue weighted by Gasteiger charge is -2.37. The number of halogens is 3. The van der Waals surface area contributed by atoms with Gasteiger partial charge in [-0.3, -0.25) is 0 Å². The number of rotatable bonds is 2. The second-order valence-electron chi connectivity index (χ2n) is 4.41. The number of hydrogen-bond acceptors (Lipinski definition) is 3. The number of sulfone groups is 1. The highest BCUT2D eigenvalue weighted by Gasteiger charge is 2.47. The van der Waals surface area contributed by atoms with E-state index in [4.69, 9.17) is 5.11 Å². The normalized spacial score (nSPS) is 16.9. The van der Waals surface area contributed by atoms with E-state index in [1.54, 1.807) is 0 Å². The van der Waals surface area contributed by atoms with Crippen molar-refractivity contribution in [1.82, 2.24) is 4.90 Å². The van der Waals surface area contributed by atoms with Gasteiger partial charge < -0.3 is 10.0 Å². The van der Waals surface area contributed by atoms with Gasteiger partial charge in [0, 0.05) is 19.0 Å². The minimum Gasteiger partial charge on any atom is -0.465 e. The topological polar surface area (TPSA) is 74.7 Å². The molecule has 1 saturated heterocycles. The largest absolute Gasteiger partial charge is 0.501 e. The Kier molecular flexibility index (Phi) is 3.41. The molecule has 9 heteroatoms. The van der Waals surface area contributed by atoms with Crippen molar-refractivity contribution in [1.29, 1.82) is 0 Å². The van der Waals surface area contributed by atoms with Crippen LogP contribution in [0.2, 0.25) is 0 Å². The van der Waals surface area contributed by atoms with Crippen LogP contribution in [0, 0.1) is 0 Å². The third-order valence-corrected chi connectivity index (χ3v) is 4.58. The van der Waals surface area contributed by atoms with Gasteiger partial charge in [-0.1, -0.05) is 12.1 Å². The highest BCUT2D eigenvalue weighted by atomic mass is 32.2. The third kappa shape index (κ3) is 2.45. The number of carbonyl (C=O) groups is 1. The van der Waals surface area contributed by atoms with Crippen LogP contribution in [0.4, 0.5) is 18.0 Å². The Balaban J connectivity index is 2.25. The van der Waals surface area contributed by atoms with Crippen LogP contribution < -0.4 is 0 Å². The Morgan fingerprint density at radius 3 is 2.40 bits per heavy atom. The third-order valence-electron chi connectivity index (χ3n) is 3.10. The average molecular weight is 309 g/mol. The molecule has 2 rings (SSSR count). The molecule has 0 unspecified atom stereocenters. The fourth-order valence-electron chi connectivity index (χ4n) is 1.91. The SMILES string of the molecule is O=C(O)N1CC(c2cccc(S(=O)(=O)C(F)(F)F)c2)C1. The van der Waals surface area contributed by atoms with Crippen molar-refractivity contribution in [3.05, 3.63) is 29.8 Å². The zero-order valence-corrected chi connectivity index (χ0v) is 10.8. The maximum absolute atomic E-state index is 12.4. The maximum Gasteiger partial charge on any atom is 0.501 e. The van der Waals surface area contributed by atoms with Crippen molar-refractivity contribution in [3.63, 3.8) is 0 Å². The molecule has 0 saturated carbocycles. The summed E-state index contributed by atoms with van der Waals surface area (Å²) in [6.07, 6.45) is -1.11. The fourth-order valence-corrected chi connectivity index (χ4v) is 2.73. The minimum absolute atomic E-state index is 0.144. The lowest BCUT2D eigenvalue weighted by Crippen LogP contribution is -2.47. The van der Waals surface area contributed by atoms with Gasteiger partial charge in [0.2, 0.25) is 0 Å². The van der Waals surface area contributed by atoms with Crippen molar-refractivity contribution in [3.8, 4) is 0 Å². The molecule has 1 N–H and O–H groups in total. The maximum atomic E-state index is 12.4. The molecule has 0 aliphatic carbocycles. The molecule has 110 valence electrons. The molecule has 1 heterocycles. The summed E-state index contributed by atoms with van der Waals surface area (Å²) in [6.45, 7) is 0.287. The van der Waals surface area contributed by atoms with Gasteiger partial charge in [0.05, 0.1) is 4.90 Å². The molecule has 0 aromatic heterocycles. The summed E-state index contributed by atoms with van der Waals surface area (Å²) in [6, 6.07) is 4.53. The predicted octanol–water partition coefficient (Wildman–Crippen LogP) is 2.06. The summed E-state index contributed by atoms with van der Waals surface area (Å²) in [5.74, 6) is -0.283. The zero-order chi connectivity index (χ0) is 15.1. The molecule has 1 amide bonds. The van der Waals surface area contributed by atoms with E-state index in [1.165, 1.54) is 12.1 Å². The molecule has 1 fully saturated rings. The van der Waals surface area contributed by atoms with E-state index in [0.717, 1.165) is 17.0 Å². The summed E-state index contributed by atoms with van der Waals surface area (Å²) >= 11 is 0. The van der Waals surface area contributed by atoms with Crippen LogP contribution in [-0.4, -0.2) is 43.1 Å². The first-order valence-electron chi connectivity index (χ1n) is 5.52. The summed E-state index contributed by atoms with van der Waals surface area (Å²) < 4.78 is 59.9. The van der Waals surface area contributed by atoms with E-state index in [1.807, 2.05) is 0 Å². The Morgan fingerprint density at radius 2 is 1.90 bits per heavy atom. The molecule has 1 aliphatic heterocycles. The van der Waals surface area contributed by atoms with E-state index in [9.17, 15) is 26.4 Å². The van der Waals surface area contributed by atoms with Crippen LogP contribution in [0.5, 0.6) is 0 Å². The van der Waals surface area contributed by atoms with Crippen LogP contribution >= 0.6 is 0 Å². The number of amides is 1. The van der Waals surface area contributed by atoms with Crippen molar-refractivity contribution in [2.24, 2.45) is 0 Å². The van der Waals surface area contributed by atoms with Crippen LogP contribution in [0.3, 0.4) is 0 Å². The Bertz CT molecular complexity index is 635. The first-order valence-corrected chi connectivity index (χ1v) is 7.00. The second-order valence-corrected chi connectivity index (χ2v) is 6.35. The van der Waals surface area contributed by atoms with Crippen molar-refractivity contribution in [2.45, 2.75) is 16.3 Å². The van der Waals surface area contributed by atoms with Gasteiger partial charge >= 0.3 is 11.6 Å². The lowest BCUT2D eigenvalue weighted by molar-refractivity contribution is -0.0436. The smallest absolute Gasteiger partial charge is 0.465 e. The van der Waals surface area contributed by atoms with Crippen molar-refractivity contribution < 1.29 is 31.5 Å². The molecule has 5 nitrogen and oxygen atoms in total. The monoisotopic (exact) mass is 309 g/mol. The zero-order valence-electron chi connectivity index (χ0n) is 9.96. The molecule has 20 heavy (non-hydrogen) atoms. The summed E-state index contributed by atoms with van der Waals surface area (Å²) in [5.41, 5.74) is -4.97. The number of hydrogen-bond donors (Lipinski definition) is 1. The van der Waals surface area contributed by atoms with Crippen LogP contribution in [0.1, 0.15) is 11.5 Å². The van der Waals surface area contributed by atoms with Gasteiger partial charge in [-0.15, -0.1) is 0 Å².